The molecule has 8 atom stereocenters. The predicted molar refractivity (Wildman–Crippen MR) is 483 cm³/mol. The van der Waals surface area contributed by atoms with E-state index in [2.05, 4.69) is 445 Å². The Labute approximate surface area is 665 Å². The van der Waals surface area contributed by atoms with Gasteiger partial charge in [-0.3, -0.25) is 39.9 Å². The number of aliphatic imine (C=N–C) groups is 8. The van der Waals surface area contributed by atoms with Crippen molar-refractivity contribution >= 4 is 97.4 Å². The number of hydrogen-bond donors (Lipinski definition) is 0. The molecule has 0 aliphatic carbocycles. The number of benzene rings is 13. The Hall–Kier alpha value is -11.9. The molecule has 0 radical (unpaired) electrons. The summed E-state index contributed by atoms with van der Waals surface area (Å²) < 4.78 is 0. The molecule has 0 heterocycles. The molecule has 0 N–H and O–H groups in total. The molecule has 0 unspecified atom stereocenters. The largest absolute Gasteiger partial charge is 0.285 e. The van der Waals surface area contributed by atoms with Crippen LogP contribution in [-0.2, 0) is 0 Å². The van der Waals surface area contributed by atoms with Gasteiger partial charge in [-0.2, -0.15) is 0 Å². The Morgan fingerprint density at radius 2 is 0.295 bits per heavy atom. The second-order valence-corrected chi connectivity index (χ2v) is 32.9. The van der Waals surface area contributed by atoms with E-state index in [0.717, 1.165) is 110 Å². The van der Waals surface area contributed by atoms with Crippen LogP contribution in [0.25, 0.3) is 0 Å². The lowest BCUT2D eigenvalue weighted by Crippen LogP contribution is -2.35. The third-order valence-corrected chi connectivity index (χ3v) is 25.1. The van der Waals surface area contributed by atoms with Crippen molar-refractivity contribution in [3.05, 3.63) is 429 Å². The average Bonchev–Trinajstić information content (AvgIpc) is 0.758. The van der Waals surface area contributed by atoms with Gasteiger partial charge < -0.3 is 0 Å². The second kappa shape index (κ2) is 39.1. The molecule has 0 aliphatic heterocycles. The lowest BCUT2D eigenvalue weighted by Gasteiger charge is -2.29. The second-order valence-electron chi connectivity index (χ2n) is 28.5. The van der Waals surface area contributed by atoms with E-state index in [1.807, 2.05) is 0 Å². The van der Waals surface area contributed by atoms with E-state index in [0.29, 0.717) is 0 Å². The van der Waals surface area contributed by atoms with Gasteiger partial charge in [0.15, 0.2) is 0 Å². The highest BCUT2D eigenvalue weighted by atomic mass is 31.1. The van der Waals surface area contributed by atoms with Gasteiger partial charge in [0.25, 0.3) is 0 Å². The van der Waals surface area contributed by atoms with E-state index in [9.17, 15) is 0 Å². The molecule has 0 saturated carbocycles. The molecule has 0 aliphatic rings. The maximum Gasteiger partial charge on any atom is 0.0721 e. The average molecular weight is 1500 g/mol. The van der Waals surface area contributed by atoms with Gasteiger partial charge in [0, 0.05) is 49.7 Å². The minimum absolute atomic E-state index is 0.113. The molecule has 10 heteroatoms. The molecule has 0 fully saturated rings. The maximum atomic E-state index is 5.35. The molecule has 8 nitrogen and oxygen atoms in total. The molecule has 0 amide bonds. The number of rotatable bonds is 30. The van der Waals surface area contributed by atoms with Gasteiger partial charge >= 0.3 is 0 Å². The monoisotopic (exact) mass is 1490 g/mol. The third kappa shape index (κ3) is 21.6. The van der Waals surface area contributed by atoms with Crippen molar-refractivity contribution in [2.24, 2.45) is 39.9 Å². The van der Waals surface area contributed by atoms with Crippen LogP contribution in [-0.4, -0.2) is 49.7 Å². The zero-order valence-corrected chi connectivity index (χ0v) is 66.8. The van der Waals surface area contributed by atoms with Crippen molar-refractivity contribution in [2.75, 3.05) is 0 Å². The van der Waals surface area contributed by atoms with Gasteiger partial charge in [-0.1, -0.05) is 267 Å². The van der Waals surface area contributed by atoms with Gasteiger partial charge in [0.1, 0.15) is 0 Å². The smallest absolute Gasteiger partial charge is 0.0721 e. The number of nitrogens with zero attached hydrogens (tertiary/aromatic N) is 8. The summed E-state index contributed by atoms with van der Waals surface area (Å²) in [6.07, 6.45) is 16.5. The van der Waals surface area contributed by atoms with Crippen LogP contribution in [0.5, 0.6) is 0 Å². The van der Waals surface area contributed by atoms with Crippen molar-refractivity contribution in [3.8, 4) is 0 Å². The zero-order chi connectivity index (χ0) is 77.4. The summed E-state index contributed by atoms with van der Waals surface area (Å²) in [6, 6.07) is 120. The SMILES string of the molecule is C[C@H](N=Cc1cc(C=N[C@@H](C)c2ccccc2)cc(P(c2cc(C=N[C@@H](C)c3ccccc3)cc(C=N[C@@H](C)c3ccccc3)c2)c2ccccc2P(c2cc(C=N[C@@H](C)c3ccccc3)cc(C=N[C@@H](C)c3ccccc3)c2)c2cc(C=N[C@@H](C)c3ccccc3)cc(C=N[C@@H](C)c3ccccc3)c2)c1)c1ccccc1. The van der Waals surface area contributed by atoms with Crippen LogP contribution in [0.1, 0.15) is 193 Å². The van der Waals surface area contributed by atoms with Crippen LogP contribution in [0, 0.1) is 0 Å². The molecule has 0 spiro atoms. The third-order valence-electron chi connectivity index (χ3n) is 20.1. The van der Waals surface area contributed by atoms with Crippen LogP contribution in [0.15, 0.2) is 380 Å². The maximum absolute atomic E-state index is 5.35. The lowest BCUT2D eigenvalue weighted by molar-refractivity contribution is 0.824. The summed E-state index contributed by atoms with van der Waals surface area (Å²) >= 11 is 0. The predicted octanol–water partition coefficient (Wildman–Crippen LogP) is 22.6. The Morgan fingerprint density at radius 1 is 0.170 bits per heavy atom. The minimum Gasteiger partial charge on any atom is -0.285 e. The van der Waals surface area contributed by atoms with Crippen LogP contribution in [0.3, 0.4) is 0 Å². The normalized spacial score (nSPS) is 14.9. The minimum atomic E-state index is -1.56. The molecule has 0 aromatic heterocycles. The lowest BCUT2D eigenvalue weighted by atomic mass is 10.1. The van der Waals surface area contributed by atoms with Crippen LogP contribution >= 0.6 is 15.8 Å². The van der Waals surface area contributed by atoms with Crippen molar-refractivity contribution in [2.45, 2.75) is 104 Å². The molecule has 0 saturated heterocycles. The van der Waals surface area contributed by atoms with E-state index in [1.165, 1.54) is 10.6 Å². The quantitative estimate of drug-likeness (QED) is 0.0317. The van der Waals surface area contributed by atoms with Crippen molar-refractivity contribution in [1.82, 2.24) is 0 Å². The van der Waals surface area contributed by atoms with Crippen LogP contribution < -0.4 is 31.8 Å². The van der Waals surface area contributed by atoms with Crippen LogP contribution in [0.2, 0.25) is 0 Å². The summed E-state index contributed by atoms with van der Waals surface area (Å²) in [6.45, 7) is 17.3. The Balaban J connectivity index is 1.10. The van der Waals surface area contributed by atoms with Crippen molar-refractivity contribution < 1.29 is 0 Å². The van der Waals surface area contributed by atoms with E-state index >= 15 is 0 Å². The van der Waals surface area contributed by atoms with Crippen molar-refractivity contribution in [3.63, 3.8) is 0 Å². The Bertz CT molecular complexity index is 4490. The molecule has 13 aromatic carbocycles. The first-order valence-electron chi connectivity index (χ1n) is 38.8. The molecule has 554 valence electrons. The van der Waals surface area contributed by atoms with Gasteiger partial charge in [-0.05, 0) is 265 Å². The Kier molecular flexibility index (Phi) is 27.3. The standard InChI is InChI=1S/C102H96N8P2/c1-73(89-35-17-9-18-36-89)103-65-81-53-82(66-104-74(2)90-37-19-10-20-38-90)58-97(57-81)111(98-59-83(67-105-75(3)91-39-21-11-22-40-91)54-84(60-98)68-106-76(4)92-41-23-12-24-42-92)101-51-33-34-52-102(101)112(99-61-85(69-107-77(5)93-43-25-13-26-44-93)55-86(62-99)70-108-78(6)94-45-27-14-28-46-94)100-63-87(71-109-79(7)95-47-29-15-30-48-95)56-88(64-100)72-110-80(8)96-49-31-16-32-50-96/h9-80H,1-8H3/t73-,74-,75-,76-,77-,78-,79-,80-,111?,112?/m0/s1. The summed E-state index contributed by atoms with van der Waals surface area (Å²) in [5.41, 5.74) is 16.8. The van der Waals surface area contributed by atoms with Crippen LogP contribution in [0.4, 0.5) is 0 Å². The first-order chi connectivity index (χ1) is 54.8. The molecule has 13 aromatic rings. The fourth-order valence-electron chi connectivity index (χ4n) is 13.6. The van der Waals surface area contributed by atoms with Gasteiger partial charge in [0.2, 0.25) is 0 Å². The molecule has 0 bridgehead atoms. The van der Waals surface area contributed by atoms with E-state index in [1.54, 1.807) is 0 Å². The molecular weight excluding hydrogens is 1400 g/mol. The fraction of sp³-hybridized carbons (Fsp3) is 0.157. The number of hydrogen-bond acceptors (Lipinski definition) is 8. The summed E-state index contributed by atoms with van der Waals surface area (Å²) in [4.78, 5) is 42.8. The van der Waals surface area contributed by atoms with Crippen molar-refractivity contribution in [1.29, 1.82) is 0 Å². The first-order valence-corrected chi connectivity index (χ1v) is 41.4. The highest BCUT2D eigenvalue weighted by molar-refractivity contribution is 7.85. The van der Waals surface area contributed by atoms with E-state index in [4.69, 9.17) is 39.9 Å². The van der Waals surface area contributed by atoms with Gasteiger partial charge in [-0.25, -0.2) is 0 Å². The first kappa shape index (κ1) is 78.2. The highest BCUT2D eigenvalue weighted by Gasteiger charge is 2.29. The van der Waals surface area contributed by atoms with Gasteiger partial charge in [0.05, 0.1) is 48.3 Å². The van der Waals surface area contributed by atoms with E-state index < -0.39 is 15.8 Å². The highest BCUT2D eigenvalue weighted by Crippen LogP contribution is 2.41. The fourth-order valence-corrected chi connectivity index (χ4v) is 19.2. The Morgan fingerprint density at radius 3 is 0.429 bits per heavy atom. The topological polar surface area (TPSA) is 98.9 Å². The van der Waals surface area contributed by atoms with E-state index in [-0.39, 0.29) is 48.3 Å². The molecule has 13 rings (SSSR count). The summed E-state index contributed by atoms with van der Waals surface area (Å²) in [5.74, 6) is 0. The van der Waals surface area contributed by atoms with Gasteiger partial charge in [-0.15, -0.1) is 0 Å². The summed E-state index contributed by atoms with van der Waals surface area (Å²) in [5, 5.41) is 6.83. The zero-order valence-electron chi connectivity index (χ0n) is 65.0. The summed E-state index contributed by atoms with van der Waals surface area (Å²) in [7, 11) is -3.11. The molecule has 112 heavy (non-hydrogen) atoms. The molecular formula is C102H96N8P2.